The fraction of sp³-hybridized carbons (Fsp3) is 0.200. The van der Waals surface area contributed by atoms with Gasteiger partial charge in [0, 0.05) is 24.3 Å². The summed E-state index contributed by atoms with van der Waals surface area (Å²) in [5.74, 6) is 1.08. The number of carbonyl (C=O) groups is 1. The van der Waals surface area contributed by atoms with E-state index in [0.29, 0.717) is 5.69 Å². The number of halogens is 3. The maximum Gasteiger partial charge on any atom is 0.416 e. The smallest absolute Gasteiger partial charge is 0.328 e. The van der Waals surface area contributed by atoms with Crippen LogP contribution in [0.2, 0.25) is 0 Å². The molecule has 3 aromatic rings. The van der Waals surface area contributed by atoms with Gasteiger partial charge in [0.2, 0.25) is 0 Å². The zero-order valence-corrected chi connectivity index (χ0v) is 14.8. The highest BCUT2D eigenvalue weighted by atomic mass is 19.4. The molecule has 2 amide bonds. The highest BCUT2D eigenvalue weighted by Crippen LogP contribution is 2.31. The molecule has 0 fully saturated rings. The minimum atomic E-state index is -4.46. The molecule has 0 atom stereocenters. The topological polar surface area (TPSA) is 59.0 Å². The average Bonchev–Trinajstić information content (AvgIpc) is 3.25. The molecular weight excluding hydrogens is 369 g/mol. The van der Waals surface area contributed by atoms with Gasteiger partial charge in [-0.3, -0.25) is 0 Å². The number of fused-ring (bicyclic) bond motifs is 1. The molecule has 144 valence electrons. The maximum atomic E-state index is 12.8. The molecule has 5 nitrogen and oxygen atoms in total. The van der Waals surface area contributed by atoms with Gasteiger partial charge in [0.1, 0.15) is 5.82 Å². The third kappa shape index (κ3) is 3.71. The van der Waals surface area contributed by atoms with E-state index in [4.69, 9.17) is 0 Å². The van der Waals surface area contributed by atoms with Gasteiger partial charge in [-0.1, -0.05) is 18.2 Å². The van der Waals surface area contributed by atoms with Crippen LogP contribution in [0.4, 0.5) is 29.3 Å². The van der Waals surface area contributed by atoms with Gasteiger partial charge >= 0.3 is 12.2 Å². The highest BCUT2D eigenvalue weighted by molar-refractivity contribution is 5.99. The normalized spacial score (nSPS) is 13.2. The van der Waals surface area contributed by atoms with Crippen LogP contribution in [0, 0.1) is 0 Å². The molecule has 1 aliphatic heterocycles. The first-order chi connectivity index (χ1) is 13.4. The van der Waals surface area contributed by atoms with Crippen LogP contribution in [0.1, 0.15) is 17.8 Å². The van der Waals surface area contributed by atoms with Crippen LogP contribution in [0.3, 0.4) is 0 Å². The largest absolute Gasteiger partial charge is 0.416 e. The maximum absolute atomic E-state index is 12.8. The number of benzene rings is 2. The fourth-order valence-electron chi connectivity index (χ4n) is 3.28. The van der Waals surface area contributed by atoms with Crippen LogP contribution in [0.5, 0.6) is 0 Å². The van der Waals surface area contributed by atoms with E-state index in [1.165, 1.54) is 12.1 Å². The molecule has 4 rings (SSSR count). The summed E-state index contributed by atoms with van der Waals surface area (Å²) >= 11 is 0. The van der Waals surface area contributed by atoms with E-state index in [2.05, 4.69) is 20.2 Å². The number of anilines is 2. The molecule has 2 heterocycles. The summed E-state index contributed by atoms with van der Waals surface area (Å²) in [5, 5.41) is 5.03. The van der Waals surface area contributed by atoms with Gasteiger partial charge in [-0.15, -0.1) is 0 Å². The van der Waals surface area contributed by atoms with E-state index < -0.39 is 17.8 Å². The number of urea groups is 1. The van der Waals surface area contributed by atoms with E-state index >= 15 is 0 Å². The lowest BCUT2D eigenvalue weighted by atomic mass is 10.1. The molecule has 0 unspecified atom stereocenters. The zero-order valence-electron chi connectivity index (χ0n) is 14.8. The van der Waals surface area contributed by atoms with Gasteiger partial charge in [0.05, 0.1) is 17.5 Å². The summed E-state index contributed by atoms with van der Waals surface area (Å²) in [6.07, 6.45) is -0.546. The molecule has 2 aromatic carbocycles. The van der Waals surface area contributed by atoms with Crippen molar-refractivity contribution < 1.29 is 18.0 Å². The summed E-state index contributed by atoms with van der Waals surface area (Å²) < 4.78 is 40.4. The molecule has 0 saturated heterocycles. The van der Waals surface area contributed by atoms with Crippen molar-refractivity contribution in [1.29, 1.82) is 0 Å². The summed E-state index contributed by atoms with van der Waals surface area (Å²) in [5.41, 5.74) is 1.81. The van der Waals surface area contributed by atoms with E-state index in [1.54, 1.807) is 12.1 Å². The number of hydrogen-bond acceptors (Lipinski definition) is 2. The van der Waals surface area contributed by atoms with Crippen molar-refractivity contribution in [3.63, 3.8) is 0 Å². The van der Waals surface area contributed by atoms with Crippen LogP contribution in [0.25, 0.3) is 11.3 Å². The number of rotatable bonds is 3. The molecule has 0 saturated carbocycles. The Hall–Kier alpha value is -3.29. The zero-order chi connectivity index (χ0) is 19.7. The van der Waals surface area contributed by atoms with E-state index in [1.807, 2.05) is 18.3 Å². The summed E-state index contributed by atoms with van der Waals surface area (Å²) in [4.78, 5) is 16.5. The first-order valence-electron chi connectivity index (χ1n) is 8.80. The standard InChI is InChI=1S/C20H17F3N4O/c21-20(22,23)14-3-1-4-16(11-14)26-19(28)25-15-8-6-13(7-9-15)17-12-24-18-5-2-10-27(17)18/h1,3-4,6-9,11-12H,2,5,10H2,(H2,25,26,28). The Morgan fingerprint density at radius 3 is 2.54 bits per heavy atom. The van der Waals surface area contributed by atoms with Crippen LogP contribution in [-0.2, 0) is 19.1 Å². The number of alkyl halides is 3. The molecule has 28 heavy (non-hydrogen) atoms. The Bertz CT molecular complexity index is 1010. The minimum Gasteiger partial charge on any atom is -0.328 e. The molecule has 0 bridgehead atoms. The number of hydrogen-bond donors (Lipinski definition) is 2. The minimum absolute atomic E-state index is 0.0683. The van der Waals surface area contributed by atoms with Crippen molar-refractivity contribution in [1.82, 2.24) is 9.55 Å². The molecule has 0 aliphatic carbocycles. The predicted molar refractivity (Wildman–Crippen MR) is 100 cm³/mol. The highest BCUT2D eigenvalue weighted by Gasteiger charge is 2.30. The van der Waals surface area contributed by atoms with Gasteiger partial charge < -0.3 is 15.2 Å². The van der Waals surface area contributed by atoms with Gasteiger partial charge in [-0.25, -0.2) is 9.78 Å². The average molecular weight is 386 g/mol. The number of imidazole rings is 1. The monoisotopic (exact) mass is 386 g/mol. The Morgan fingerprint density at radius 2 is 1.79 bits per heavy atom. The van der Waals surface area contributed by atoms with Crippen LogP contribution in [-0.4, -0.2) is 15.6 Å². The molecule has 8 heteroatoms. The number of aryl methyl sites for hydroxylation is 1. The first-order valence-corrected chi connectivity index (χ1v) is 8.80. The predicted octanol–water partition coefficient (Wildman–Crippen LogP) is 5.16. The summed E-state index contributed by atoms with van der Waals surface area (Å²) in [7, 11) is 0. The van der Waals surface area contributed by atoms with Crippen molar-refractivity contribution in [2.45, 2.75) is 25.6 Å². The molecule has 0 radical (unpaired) electrons. The lowest BCUT2D eigenvalue weighted by Gasteiger charge is -2.11. The molecular formula is C20H17F3N4O. The number of aromatic nitrogens is 2. The van der Waals surface area contributed by atoms with Gasteiger partial charge in [-0.05, 0) is 42.3 Å². The Balaban J connectivity index is 1.42. The van der Waals surface area contributed by atoms with Gasteiger partial charge in [0.25, 0.3) is 0 Å². The van der Waals surface area contributed by atoms with Crippen LogP contribution >= 0.6 is 0 Å². The number of nitrogens with one attached hydrogen (secondary N) is 2. The number of nitrogens with zero attached hydrogens (tertiary/aromatic N) is 2. The van der Waals surface area contributed by atoms with Crippen LogP contribution < -0.4 is 10.6 Å². The number of amides is 2. The number of carbonyl (C=O) groups excluding carboxylic acids is 1. The summed E-state index contributed by atoms with van der Waals surface area (Å²) in [6, 6.07) is 11.1. The second kappa shape index (κ2) is 7.03. The fourth-order valence-corrected chi connectivity index (χ4v) is 3.28. The third-order valence-corrected chi connectivity index (χ3v) is 4.61. The lowest BCUT2D eigenvalue weighted by Crippen LogP contribution is -2.19. The molecule has 2 N–H and O–H groups in total. The van der Waals surface area contributed by atoms with E-state index in [9.17, 15) is 18.0 Å². The van der Waals surface area contributed by atoms with Crippen molar-refractivity contribution in [2.75, 3.05) is 10.6 Å². The van der Waals surface area contributed by atoms with Gasteiger partial charge in [-0.2, -0.15) is 13.2 Å². The second-order valence-electron chi connectivity index (χ2n) is 6.55. The quantitative estimate of drug-likeness (QED) is 0.653. The molecule has 1 aromatic heterocycles. The Labute approximate surface area is 159 Å². The molecule has 1 aliphatic rings. The van der Waals surface area contributed by atoms with E-state index in [0.717, 1.165) is 48.6 Å². The van der Waals surface area contributed by atoms with Crippen molar-refractivity contribution in [3.05, 3.63) is 66.1 Å². The third-order valence-electron chi connectivity index (χ3n) is 4.61. The lowest BCUT2D eigenvalue weighted by molar-refractivity contribution is -0.137. The van der Waals surface area contributed by atoms with Crippen molar-refractivity contribution >= 4 is 17.4 Å². The SMILES string of the molecule is O=C(Nc1ccc(-c2cnc3n2CCC3)cc1)Nc1cccc(C(F)(F)F)c1. The van der Waals surface area contributed by atoms with Crippen LogP contribution in [0.15, 0.2) is 54.7 Å². The Kier molecular flexibility index (Phi) is 4.54. The van der Waals surface area contributed by atoms with E-state index in [-0.39, 0.29) is 5.69 Å². The van der Waals surface area contributed by atoms with Crippen molar-refractivity contribution in [2.24, 2.45) is 0 Å². The Morgan fingerprint density at radius 1 is 1.04 bits per heavy atom. The molecule has 0 spiro atoms. The first kappa shape index (κ1) is 18.1. The summed E-state index contributed by atoms with van der Waals surface area (Å²) in [6.45, 7) is 0.948. The van der Waals surface area contributed by atoms with Gasteiger partial charge in [0.15, 0.2) is 0 Å². The second-order valence-corrected chi connectivity index (χ2v) is 6.55. The van der Waals surface area contributed by atoms with Crippen molar-refractivity contribution in [3.8, 4) is 11.3 Å².